The molecule has 0 spiro atoms. The van der Waals surface area contributed by atoms with Gasteiger partial charge >= 0.3 is 0 Å². The first-order valence-corrected chi connectivity index (χ1v) is 9.52. The van der Waals surface area contributed by atoms with Crippen LogP contribution in [-0.2, 0) is 0 Å². The molecule has 26 heavy (non-hydrogen) atoms. The molecule has 5 heteroatoms. The molecule has 0 radical (unpaired) electrons. The summed E-state index contributed by atoms with van der Waals surface area (Å²) in [6, 6.07) is 8.21. The van der Waals surface area contributed by atoms with Crippen LogP contribution in [0.1, 0.15) is 65.8 Å². The Morgan fingerprint density at radius 2 is 1.73 bits per heavy atom. The molecular formula is C21H28N4O. The standard InChI is InChI=1S/C21H28N4O/c1-14-10-11-15(2)18(12-14)24-21-22-16(3)13-19(25-21)20(26)23-17-8-6-4-5-7-9-17/h10-13,17H,4-9H2,1-3H3,(H,23,26)(H,22,24,25). The summed E-state index contributed by atoms with van der Waals surface area (Å²) < 4.78 is 0. The molecule has 1 aliphatic carbocycles. The highest BCUT2D eigenvalue weighted by Crippen LogP contribution is 2.21. The van der Waals surface area contributed by atoms with E-state index < -0.39 is 0 Å². The summed E-state index contributed by atoms with van der Waals surface area (Å²) in [6.45, 7) is 5.98. The Morgan fingerprint density at radius 3 is 2.46 bits per heavy atom. The van der Waals surface area contributed by atoms with E-state index in [0.29, 0.717) is 11.6 Å². The van der Waals surface area contributed by atoms with Crippen LogP contribution < -0.4 is 10.6 Å². The normalized spacial score (nSPS) is 15.3. The van der Waals surface area contributed by atoms with Crippen LogP contribution in [0.4, 0.5) is 11.6 Å². The van der Waals surface area contributed by atoms with Crippen molar-refractivity contribution in [1.29, 1.82) is 0 Å². The number of benzene rings is 1. The topological polar surface area (TPSA) is 66.9 Å². The predicted molar refractivity (Wildman–Crippen MR) is 105 cm³/mol. The summed E-state index contributed by atoms with van der Waals surface area (Å²) in [5.74, 6) is 0.358. The van der Waals surface area contributed by atoms with Gasteiger partial charge in [0.1, 0.15) is 5.69 Å². The van der Waals surface area contributed by atoms with Crippen LogP contribution in [0.3, 0.4) is 0 Å². The van der Waals surface area contributed by atoms with Gasteiger partial charge in [0, 0.05) is 17.4 Å². The van der Waals surface area contributed by atoms with E-state index in [1.807, 2.05) is 20.8 Å². The number of carbonyl (C=O) groups excluding carboxylic acids is 1. The number of aromatic nitrogens is 2. The van der Waals surface area contributed by atoms with E-state index in [-0.39, 0.29) is 11.9 Å². The molecule has 2 N–H and O–H groups in total. The van der Waals surface area contributed by atoms with Crippen molar-refractivity contribution in [2.75, 3.05) is 5.32 Å². The van der Waals surface area contributed by atoms with E-state index in [1.165, 1.54) is 25.7 Å². The molecule has 138 valence electrons. The lowest BCUT2D eigenvalue weighted by molar-refractivity contribution is 0.0928. The fraction of sp³-hybridized carbons (Fsp3) is 0.476. The zero-order valence-corrected chi connectivity index (χ0v) is 15.9. The molecule has 5 nitrogen and oxygen atoms in total. The fourth-order valence-electron chi connectivity index (χ4n) is 3.41. The van der Waals surface area contributed by atoms with Crippen LogP contribution in [0.15, 0.2) is 24.3 Å². The first kappa shape index (κ1) is 18.4. The minimum atomic E-state index is -0.105. The van der Waals surface area contributed by atoms with Gasteiger partial charge in [-0.1, -0.05) is 37.8 Å². The molecule has 1 aliphatic rings. The monoisotopic (exact) mass is 352 g/mol. The number of nitrogens with zero attached hydrogens (tertiary/aromatic N) is 2. The van der Waals surface area contributed by atoms with Crippen molar-refractivity contribution in [3.05, 3.63) is 46.8 Å². The molecule has 0 bridgehead atoms. The first-order valence-electron chi connectivity index (χ1n) is 9.52. The molecule has 1 aromatic carbocycles. The molecule has 0 aliphatic heterocycles. The van der Waals surface area contributed by atoms with E-state index >= 15 is 0 Å². The Kier molecular flexibility index (Phi) is 5.86. The second-order valence-corrected chi connectivity index (χ2v) is 7.32. The quantitative estimate of drug-likeness (QED) is 0.789. The number of hydrogen-bond donors (Lipinski definition) is 2. The highest BCUT2D eigenvalue weighted by Gasteiger charge is 2.17. The van der Waals surface area contributed by atoms with Crippen LogP contribution in [0.5, 0.6) is 0 Å². The average molecular weight is 352 g/mol. The third-order valence-electron chi connectivity index (χ3n) is 4.92. The highest BCUT2D eigenvalue weighted by molar-refractivity contribution is 5.92. The average Bonchev–Trinajstić information content (AvgIpc) is 2.86. The molecule has 1 aromatic heterocycles. The van der Waals surface area contributed by atoms with Crippen LogP contribution in [0.2, 0.25) is 0 Å². The number of rotatable bonds is 4. The van der Waals surface area contributed by atoms with E-state index in [4.69, 9.17) is 0 Å². The Hall–Kier alpha value is -2.43. The van der Waals surface area contributed by atoms with Crippen molar-refractivity contribution >= 4 is 17.5 Å². The number of aryl methyl sites for hydroxylation is 3. The van der Waals surface area contributed by atoms with E-state index in [1.54, 1.807) is 6.07 Å². The zero-order valence-electron chi connectivity index (χ0n) is 15.9. The van der Waals surface area contributed by atoms with Gasteiger partial charge < -0.3 is 10.6 Å². The molecule has 2 aromatic rings. The largest absolute Gasteiger partial charge is 0.348 e. The SMILES string of the molecule is Cc1ccc(C)c(Nc2nc(C)cc(C(=O)NC3CCCCCC3)n2)c1. The number of hydrogen-bond acceptors (Lipinski definition) is 4. The van der Waals surface area contributed by atoms with E-state index in [9.17, 15) is 4.79 Å². The maximum absolute atomic E-state index is 12.7. The highest BCUT2D eigenvalue weighted by atomic mass is 16.1. The summed E-state index contributed by atoms with van der Waals surface area (Å²) in [6.07, 6.45) is 7.03. The van der Waals surface area contributed by atoms with Crippen molar-refractivity contribution in [2.24, 2.45) is 0 Å². The van der Waals surface area contributed by atoms with Crippen molar-refractivity contribution in [3.8, 4) is 0 Å². The second-order valence-electron chi connectivity index (χ2n) is 7.32. The van der Waals surface area contributed by atoms with Gasteiger partial charge in [-0.2, -0.15) is 0 Å². The van der Waals surface area contributed by atoms with Crippen molar-refractivity contribution in [2.45, 2.75) is 65.3 Å². The van der Waals surface area contributed by atoms with Crippen molar-refractivity contribution in [3.63, 3.8) is 0 Å². The minimum Gasteiger partial charge on any atom is -0.348 e. The lowest BCUT2D eigenvalue weighted by atomic mass is 10.1. The van der Waals surface area contributed by atoms with Crippen molar-refractivity contribution < 1.29 is 4.79 Å². The Balaban J connectivity index is 1.76. The molecule has 0 unspecified atom stereocenters. The third-order valence-corrected chi connectivity index (χ3v) is 4.92. The third kappa shape index (κ3) is 4.81. The van der Waals surface area contributed by atoms with Crippen LogP contribution in [0, 0.1) is 20.8 Å². The first-order chi connectivity index (χ1) is 12.5. The summed E-state index contributed by atoms with van der Waals surface area (Å²) in [5.41, 5.74) is 4.45. The van der Waals surface area contributed by atoms with Crippen LogP contribution >= 0.6 is 0 Å². The van der Waals surface area contributed by atoms with Gasteiger partial charge in [-0.25, -0.2) is 9.97 Å². The summed E-state index contributed by atoms with van der Waals surface area (Å²) in [4.78, 5) is 21.6. The smallest absolute Gasteiger partial charge is 0.270 e. The number of anilines is 2. The van der Waals surface area contributed by atoms with Gasteiger partial charge in [-0.15, -0.1) is 0 Å². The van der Waals surface area contributed by atoms with E-state index in [0.717, 1.165) is 35.3 Å². The minimum absolute atomic E-state index is 0.105. The Bertz CT molecular complexity index is 780. The second kappa shape index (κ2) is 8.30. The van der Waals surface area contributed by atoms with Gasteiger partial charge in [-0.05, 0) is 56.9 Å². The number of carbonyl (C=O) groups is 1. The van der Waals surface area contributed by atoms with Gasteiger partial charge in [0.05, 0.1) is 0 Å². The predicted octanol–water partition coefficient (Wildman–Crippen LogP) is 4.60. The van der Waals surface area contributed by atoms with E-state index in [2.05, 4.69) is 38.8 Å². The van der Waals surface area contributed by atoms with Gasteiger partial charge in [0.2, 0.25) is 5.95 Å². The van der Waals surface area contributed by atoms with Gasteiger partial charge in [-0.3, -0.25) is 4.79 Å². The molecule has 0 atom stereocenters. The molecular weight excluding hydrogens is 324 g/mol. The zero-order chi connectivity index (χ0) is 18.5. The lowest BCUT2D eigenvalue weighted by Gasteiger charge is -2.16. The summed E-state index contributed by atoms with van der Waals surface area (Å²) in [5, 5.41) is 6.42. The Labute approximate surface area is 155 Å². The van der Waals surface area contributed by atoms with Gasteiger partial charge in [0.25, 0.3) is 5.91 Å². The van der Waals surface area contributed by atoms with Gasteiger partial charge in [0.15, 0.2) is 0 Å². The lowest BCUT2D eigenvalue weighted by Crippen LogP contribution is -2.35. The fourth-order valence-corrected chi connectivity index (χ4v) is 3.41. The maximum atomic E-state index is 12.7. The summed E-state index contributed by atoms with van der Waals surface area (Å²) >= 11 is 0. The van der Waals surface area contributed by atoms with Crippen LogP contribution in [0.25, 0.3) is 0 Å². The number of amides is 1. The Morgan fingerprint density at radius 1 is 1.00 bits per heavy atom. The summed E-state index contributed by atoms with van der Waals surface area (Å²) in [7, 11) is 0. The number of nitrogens with one attached hydrogen (secondary N) is 2. The molecule has 0 saturated heterocycles. The molecule has 3 rings (SSSR count). The van der Waals surface area contributed by atoms with Crippen LogP contribution in [-0.4, -0.2) is 21.9 Å². The molecule has 1 heterocycles. The molecule has 1 fully saturated rings. The molecule has 1 amide bonds. The maximum Gasteiger partial charge on any atom is 0.270 e. The van der Waals surface area contributed by atoms with Crippen molar-refractivity contribution in [1.82, 2.24) is 15.3 Å². The molecule has 1 saturated carbocycles.